The fraction of sp³-hybridized carbons (Fsp3) is 0.200. The minimum atomic E-state index is -0.321. The lowest BCUT2D eigenvalue weighted by Gasteiger charge is -2.09. The van der Waals surface area contributed by atoms with E-state index in [9.17, 15) is 14.0 Å². The number of carbonyl (C=O) groups excluding carboxylic acids is 2. The number of benzene rings is 3. The molecule has 0 heterocycles. The van der Waals surface area contributed by atoms with E-state index in [4.69, 9.17) is 9.47 Å². The standard InChI is InChI=1S/C25H24FNO4/c1-17-3-13-24(30-2)22(15-17)23(28)12-14-25(29)27-16-18-4-8-20(9-5-18)31-21-10-6-19(26)7-11-21/h3-11,13,15H,12,14,16H2,1-2H3,(H,27,29). The van der Waals surface area contributed by atoms with Gasteiger partial charge in [-0.1, -0.05) is 23.8 Å². The van der Waals surface area contributed by atoms with E-state index >= 15 is 0 Å². The van der Waals surface area contributed by atoms with Crippen molar-refractivity contribution < 1.29 is 23.5 Å². The lowest BCUT2D eigenvalue weighted by Crippen LogP contribution is -2.23. The van der Waals surface area contributed by atoms with Gasteiger partial charge in [-0.15, -0.1) is 0 Å². The third-order valence-corrected chi connectivity index (χ3v) is 4.70. The average Bonchev–Trinajstić information content (AvgIpc) is 2.78. The first kappa shape index (κ1) is 22.0. The minimum absolute atomic E-state index is 0.0989. The molecule has 0 aliphatic rings. The normalized spacial score (nSPS) is 10.4. The van der Waals surface area contributed by atoms with E-state index in [1.165, 1.54) is 19.2 Å². The van der Waals surface area contributed by atoms with Crippen LogP contribution in [0, 0.1) is 12.7 Å². The molecule has 3 aromatic rings. The SMILES string of the molecule is COc1ccc(C)cc1C(=O)CCC(=O)NCc1ccc(Oc2ccc(F)cc2)cc1. The Balaban J connectivity index is 1.46. The average molecular weight is 421 g/mol. The maximum Gasteiger partial charge on any atom is 0.220 e. The van der Waals surface area contributed by atoms with Crippen molar-refractivity contribution in [3.05, 3.63) is 89.2 Å². The van der Waals surface area contributed by atoms with Crippen LogP contribution in [0.1, 0.15) is 34.3 Å². The monoisotopic (exact) mass is 421 g/mol. The molecule has 0 aromatic heterocycles. The molecule has 6 heteroatoms. The number of amides is 1. The Hall–Kier alpha value is -3.67. The molecule has 160 valence electrons. The molecule has 0 saturated carbocycles. The molecule has 0 saturated heterocycles. The number of aryl methyl sites for hydroxylation is 1. The number of hydrogen-bond donors (Lipinski definition) is 1. The van der Waals surface area contributed by atoms with Gasteiger partial charge in [0.05, 0.1) is 12.7 Å². The van der Waals surface area contributed by atoms with E-state index in [2.05, 4.69) is 5.32 Å². The summed E-state index contributed by atoms with van der Waals surface area (Å²) in [5.74, 6) is 1.01. The van der Waals surface area contributed by atoms with Crippen molar-refractivity contribution in [1.29, 1.82) is 0 Å². The first-order valence-corrected chi connectivity index (χ1v) is 9.91. The quantitative estimate of drug-likeness (QED) is 0.482. The summed E-state index contributed by atoms with van der Waals surface area (Å²) in [6.45, 7) is 2.25. The largest absolute Gasteiger partial charge is 0.496 e. The fourth-order valence-electron chi connectivity index (χ4n) is 3.00. The topological polar surface area (TPSA) is 64.6 Å². The Bertz CT molecular complexity index is 1050. The summed E-state index contributed by atoms with van der Waals surface area (Å²) in [6, 6.07) is 18.4. The summed E-state index contributed by atoms with van der Waals surface area (Å²) in [5, 5.41) is 2.82. The number of ether oxygens (including phenoxy) is 2. The van der Waals surface area contributed by atoms with Crippen LogP contribution in [0.4, 0.5) is 4.39 Å². The van der Waals surface area contributed by atoms with Crippen LogP contribution in [0.25, 0.3) is 0 Å². The zero-order valence-corrected chi connectivity index (χ0v) is 17.5. The van der Waals surface area contributed by atoms with Gasteiger partial charge in [0.2, 0.25) is 5.91 Å². The Labute approximate surface area is 180 Å². The van der Waals surface area contributed by atoms with Crippen LogP contribution in [-0.2, 0) is 11.3 Å². The van der Waals surface area contributed by atoms with Gasteiger partial charge in [-0.25, -0.2) is 4.39 Å². The highest BCUT2D eigenvalue weighted by Crippen LogP contribution is 2.23. The first-order chi connectivity index (χ1) is 14.9. The number of nitrogens with one attached hydrogen (secondary N) is 1. The molecule has 0 unspecified atom stereocenters. The van der Waals surface area contributed by atoms with Crippen LogP contribution in [0.5, 0.6) is 17.2 Å². The number of rotatable bonds is 9. The highest BCUT2D eigenvalue weighted by atomic mass is 19.1. The Kier molecular flexibility index (Phi) is 7.38. The molecule has 0 fully saturated rings. The van der Waals surface area contributed by atoms with Gasteiger partial charge >= 0.3 is 0 Å². The first-order valence-electron chi connectivity index (χ1n) is 9.91. The van der Waals surface area contributed by atoms with Gasteiger partial charge in [0.1, 0.15) is 23.1 Å². The van der Waals surface area contributed by atoms with Crippen molar-refractivity contribution in [1.82, 2.24) is 5.32 Å². The van der Waals surface area contributed by atoms with Crippen molar-refractivity contribution in [2.45, 2.75) is 26.3 Å². The van der Waals surface area contributed by atoms with Gasteiger partial charge in [0.15, 0.2) is 5.78 Å². The number of hydrogen-bond acceptors (Lipinski definition) is 4. The molecular formula is C25H24FNO4. The van der Waals surface area contributed by atoms with Crippen LogP contribution < -0.4 is 14.8 Å². The summed E-state index contributed by atoms with van der Waals surface area (Å²) >= 11 is 0. The summed E-state index contributed by atoms with van der Waals surface area (Å²) in [6.07, 6.45) is 0.206. The molecule has 0 spiro atoms. The molecule has 3 aromatic carbocycles. The van der Waals surface area contributed by atoms with Crippen LogP contribution in [0.3, 0.4) is 0 Å². The van der Waals surface area contributed by atoms with Gasteiger partial charge in [0, 0.05) is 19.4 Å². The third kappa shape index (κ3) is 6.40. The molecule has 1 amide bonds. The lowest BCUT2D eigenvalue weighted by molar-refractivity contribution is -0.121. The van der Waals surface area contributed by atoms with E-state index in [1.54, 1.807) is 36.4 Å². The van der Waals surface area contributed by atoms with E-state index in [-0.39, 0.29) is 30.3 Å². The van der Waals surface area contributed by atoms with Gasteiger partial charge in [-0.05, 0) is 61.0 Å². The van der Waals surface area contributed by atoms with Gasteiger partial charge in [-0.3, -0.25) is 9.59 Å². The van der Waals surface area contributed by atoms with Gasteiger partial charge in [0.25, 0.3) is 0 Å². The van der Waals surface area contributed by atoms with Crippen LogP contribution >= 0.6 is 0 Å². The number of halogens is 1. The second-order valence-electron chi connectivity index (χ2n) is 7.10. The van der Waals surface area contributed by atoms with Crippen LogP contribution in [-0.4, -0.2) is 18.8 Å². The number of carbonyl (C=O) groups is 2. The maximum atomic E-state index is 12.9. The van der Waals surface area contributed by atoms with E-state index in [0.717, 1.165) is 11.1 Å². The number of ketones is 1. The second kappa shape index (κ2) is 10.4. The predicted molar refractivity (Wildman–Crippen MR) is 116 cm³/mol. The molecular weight excluding hydrogens is 397 g/mol. The summed E-state index contributed by atoms with van der Waals surface area (Å²) in [5.41, 5.74) is 2.35. The van der Waals surface area contributed by atoms with Crippen molar-refractivity contribution in [3.63, 3.8) is 0 Å². The van der Waals surface area contributed by atoms with Gasteiger partial charge in [-0.2, -0.15) is 0 Å². The zero-order chi connectivity index (χ0) is 22.2. The lowest BCUT2D eigenvalue weighted by atomic mass is 10.0. The second-order valence-corrected chi connectivity index (χ2v) is 7.10. The van der Waals surface area contributed by atoms with Crippen molar-refractivity contribution in [3.8, 4) is 17.2 Å². The Morgan fingerprint density at radius 1 is 0.903 bits per heavy atom. The predicted octanol–water partition coefficient (Wildman–Crippen LogP) is 5.21. The number of Topliss-reactive ketones (excluding diaryl/α,β-unsaturated/α-hetero) is 1. The molecule has 0 aliphatic heterocycles. The van der Waals surface area contributed by atoms with E-state index in [1.807, 2.05) is 25.1 Å². The fourth-order valence-corrected chi connectivity index (χ4v) is 3.00. The molecule has 0 aliphatic carbocycles. The summed E-state index contributed by atoms with van der Waals surface area (Å²) in [4.78, 5) is 24.6. The number of methoxy groups -OCH3 is 1. The third-order valence-electron chi connectivity index (χ3n) is 4.70. The zero-order valence-electron chi connectivity index (χ0n) is 17.5. The van der Waals surface area contributed by atoms with E-state index in [0.29, 0.717) is 29.4 Å². The minimum Gasteiger partial charge on any atom is -0.496 e. The van der Waals surface area contributed by atoms with Crippen molar-refractivity contribution in [2.24, 2.45) is 0 Å². The molecule has 3 rings (SSSR count). The molecule has 0 bridgehead atoms. The highest BCUT2D eigenvalue weighted by molar-refractivity contribution is 6.00. The van der Waals surface area contributed by atoms with Crippen LogP contribution in [0.2, 0.25) is 0 Å². The van der Waals surface area contributed by atoms with Crippen molar-refractivity contribution >= 4 is 11.7 Å². The van der Waals surface area contributed by atoms with Crippen LogP contribution in [0.15, 0.2) is 66.7 Å². The molecule has 5 nitrogen and oxygen atoms in total. The molecule has 1 N–H and O–H groups in total. The summed E-state index contributed by atoms with van der Waals surface area (Å²) < 4.78 is 23.8. The van der Waals surface area contributed by atoms with E-state index < -0.39 is 0 Å². The smallest absolute Gasteiger partial charge is 0.220 e. The molecule has 0 radical (unpaired) electrons. The Morgan fingerprint density at radius 3 is 2.19 bits per heavy atom. The van der Waals surface area contributed by atoms with Gasteiger partial charge < -0.3 is 14.8 Å². The van der Waals surface area contributed by atoms with Crippen molar-refractivity contribution in [2.75, 3.05) is 7.11 Å². The molecule has 31 heavy (non-hydrogen) atoms. The molecule has 0 atom stereocenters. The summed E-state index contributed by atoms with van der Waals surface area (Å²) in [7, 11) is 1.52. The maximum absolute atomic E-state index is 12.9. The Morgan fingerprint density at radius 2 is 1.55 bits per heavy atom. The highest BCUT2D eigenvalue weighted by Gasteiger charge is 2.14.